The normalized spacial score (nSPS) is 10.2. The van der Waals surface area contributed by atoms with Gasteiger partial charge in [0.2, 0.25) is 5.75 Å². The van der Waals surface area contributed by atoms with E-state index in [2.05, 4.69) is 4.98 Å². The molecule has 0 fully saturated rings. The summed E-state index contributed by atoms with van der Waals surface area (Å²) in [5, 5.41) is 10.9. The predicted octanol–water partition coefficient (Wildman–Crippen LogP) is 1.07. The second-order valence-electron chi connectivity index (χ2n) is 4.10. The molecule has 2 rings (SSSR count). The van der Waals surface area contributed by atoms with Crippen LogP contribution in [-0.4, -0.2) is 15.8 Å². The third-order valence-corrected chi connectivity index (χ3v) is 2.57. The maximum absolute atomic E-state index is 11.2. The van der Waals surface area contributed by atoms with Crippen LogP contribution in [0, 0.1) is 17.0 Å². The lowest BCUT2D eigenvalue weighted by Crippen LogP contribution is -2.29. The van der Waals surface area contributed by atoms with Gasteiger partial charge in [-0.1, -0.05) is 0 Å². The number of aromatic nitrogens is 1. The molecule has 0 saturated carbocycles. The average molecular weight is 292 g/mol. The Labute approximate surface area is 118 Å². The molecule has 1 amide bonds. The number of furan rings is 1. The number of nitrogens with zero attached hydrogens (tertiary/aromatic N) is 2. The van der Waals surface area contributed by atoms with Crippen LogP contribution in [0.4, 0.5) is 5.82 Å². The number of nitrogens with one attached hydrogen (secondary N) is 1. The van der Waals surface area contributed by atoms with Gasteiger partial charge >= 0.3 is 5.82 Å². The average Bonchev–Trinajstić information content (AvgIpc) is 2.93. The van der Waals surface area contributed by atoms with Crippen molar-refractivity contribution in [2.45, 2.75) is 13.5 Å². The SMILES string of the molecule is Cc1ccc(OCc2cc(C(=O)NN)co2)c([N+](=O)[O-])n1. The highest BCUT2D eigenvalue weighted by Gasteiger charge is 2.18. The Kier molecular flexibility index (Phi) is 4.14. The molecule has 3 N–H and O–H groups in total. The summed E-state index contributed by atoms with van der Waals surface area (Å²) in [4.78, 5) is 25.3. The van der Waals surface area contributed by atoms with Gasteiger partial charge in [0.1, 0.15) is 24.3 Å². The smallest absolute Gasteiger partial charge is 0.406 e. The van der Waals surface area contributed by atoms with Crippen molar-refractivity contribution in [2.24, 2.45) is 5.84 Å². The molecular formula is C12H12N4O5. The highest BCUT2D eigenvalue weighted by atomic mass is 16.6. The molecule has 0 unspecified atom stereocenters. The van der Waals surface area contributed by atoms with Crippen molar-refractivity contribution in [1.29, 1.82) is 0 Å². The number of amides is 1. The van der Waals surface area contributed by atoms with Gasteiger partial charge < -0.3 is 19.3 Å². The summed E-state index contributed by atoms with van der Waals surface area (Å²) in [5.41, 5.74) is 2.70. The molecule has 9 nitrogen and oxygen atoms in total. The maximum Gasteiger partial charge on any atom is 0.406 e. The van der Waals surface area contributed by atoms with E-state index in [1.807, 2.05) is 5.43 Å². The van der Waals surface area contributed by atoms with Crippen molar-refractivity contribution in [3.8, 4) is 5.75 Å². The molecule has 2 aromatic rings. The minimum atomic E-state index is -0.627. The standard InChI is InChI=1S/C12H12N4O5/c1-7-2-3-10(11(14-7)16(18)19)21-6-9-4-8(5-20-9)12(17)15-13/h2-5H,6,13H2,1H3,(H,15,17). The van der Waals surface area contributed by atoms with Gasteiger partial charge in [-0.15, -0.1) is 0 Å². The number of nitrogen functional groups attached to an aromatic ring is 1. The van der Waals surface area contributed by atoms with Crippen LogP contribution in [0.25, 0.3) is 0 Å². The summed E-state index contributed by atoms with van der Waals surface area (Å²) in [6.07, 6.45) is 1.21. The van der Waals surface area contributed by atoms with Crippen molar-refractivity contribution in [2.75, 3.05) is 0 Å². The summed E-state index contributed by atoms with van der Waals surface area (Å²) < 4.78 is 10.4. The zero-order valence-corrected chi connectivity index (χ0v) is 11.0. The fourth-order valence-corrected chi connectivity index (χ4v) is 1.58. The highest BCUT2D eigenvalue weighted by Crippen LogP contribution is 2.25. The van der Waals surface area contributed by atoms with Crippen molar-refractivity contribution in [3.63, 3.8) is 0 Å². The number of hydrazine groups is 1. The third kappa shape index (κ3) is 3.34. The molecule has 0 saturated heterocycles. The Morgan fingerprint density at radius 2 is 2.33 bits per heavy atom. The molecule has 0 aromatic carbocycles. The molecule has 0 bridgehead atoms. The Morgan fingerprint density at radius 3 is 3.00 bits per heavy atom. The monoisotopic (exact) mass is 292 g/mol. The molecule has 9 heteroatoms. The van der Waals surface area contributed by atoms with Crippen LogP contribution in [0.2, 0.25) is 0 Å². The largest absolute Gasteiger partial charge is 0.477 e. The summed E-state index contributed by atoms with van der Waals surface area (Å²) in [6.45, 7) is 1.56. The summed E-state index contributed by atoms with van der Waals surface area (Å²) in [5.74, 6) is 4.45. The first-order chi connectivity index (χ1) is 10.0. The van der Waals surface area contributed by atoms with Crippen LogP contribution < -0.4 is 16.0 Å². The molecular weight excluding hydrogens is 280 g/mol. The summed E-state index contributed by atoms with van der Waals surface area (Å²) in [6, 6.07) is 4.48. The Hall–Kier alpha value is -2.94. The van der Waals surface area contributed by atoms with E-state index in [0.717, 1.165) is 0 Å². The number of nitrogens with two attached hydrogens (primary N) is 1. The fourth-order valence-electron chi connectivity index (χ4n) is 1.58. The minimum Gasteiger partial charge on any atom is -0.477 e. The first-order valence-electron chi connectivity index (χ1n) is 5.84. The molecule has 21 heavy (non-hydrogen) atoms. The molecule has 0 atom stereocenters. The van der Waals surface area contributed by atoms with E-state index in [9.17, 15) is 14.9 Å². The second-order valence-corrected chi connectivity index (χ2v) is 4.10. The van der Waals surface area contributed by atoms with Crippen molar-refractivity contribution < 1.29 is 18.9 Å². The Bertz CT molecular complexity index is 682. The van der Waals surface area contributed by atoms with E-state index in [1.165, 1.54) is 18.4 Å². The molecule has 2 aromatic heterocycles. The Balaban J connectivity index is 2.11. The number of rotatable bonds is 5. The highest BCUT2D eigenvalue weighted by molar-refractivity contribution is 5.93. The van der Waals surface area contributed by atoms with Gasteiger partial charge in [-0.25, -0.2) is 5.84 Å². The van der Waals surface area contributed by atoms with E-state index in [-0.39, 0.29) is 23.7 Å². The lowest BCUT2D eigenvalue weighted by molar-refractivity contribution is -0.390. The molecule has 0 aliphatic carbocycles. The molecule has 0 spiro atoms. The van der Waals surface area contributed by atoms with Crippen molar-refractivity contribution >= 4 is 11.7 Å². The van der Waals surface area contributed by atoms with E-state index in [1.54, 1.807) is 13.0 Å². The van der Waals surface area contributed by atoms with Gasteiger partial charge in [-0.3, -0.25) is 10.2 Å². The van der Waals surface area contributed by atoms with Crippen LogP contribution in [0.3, 0.4) is 0 Å². The summed E-state index contributed by atoms with van der Waals surface area (Å²) >= 11 is 0. The third-order valence-electron chi connectivity index (χ3n) is 2.57. The molecule has 0 aliphatic heterocycles. The number of pyridine rings is 1. The van der Waals surface area contributed by atoms with E-state index >= 15 is 0 Å². The number of nitro groups is 1. The zero-order valence-electron chi connectivity index (χ0n) is 11.0. The van der Waals surface area contributed by atoms with Gasteiger partial charge in [0, 0.05) is 6.92 Å². The van der Waals surface area contributed by atoms with Gasteiger partial charge in [-0.05, 0) is 28.1 Å². The number of carbonyl (C=O) groups is 1. The van der Waals surface area contributed by atoms with Gasteiger partial charge in [0.05, 0.1) is 5.56 Å². The maximum atomic E-state index is 11.2. The topological polar surface area (TPSA) is 134 Å². The van der Waals surface area contributed by atoms with Gasteiger partial charge in [0.25, 0.3) is 5.91 Å². The van der Waals surface area contributed by atoms with Gasteiger partial charge in [0.15, 0.2) is 0 Å². The molecule has 2 heterocycles. The molecule has 110 valence electrons. The lowest BCUT2D eigenvalue weighted by atomic mass is 10.3. The number of aryl methyl sites for hydroxylation is 1. The van der Waals surface area contributed by atoms with Crippen molar-refractivity contribution in [1.82, 2.24) is 10.4 Å². The molecule has 0 radical (unpaired) electrons. The van der Waals surface area contributed by atoms with Crippen LogP contribution in [-0.2, 0) is 6.61 Å². The number of ether oxygens (including phenoxy) is 1. The number of carbonyl (C=O) groups excluding carboxylic acids is 1. The van der Waals surface area contributed by atoms with Crippen LogP contribution in [0.15, 0.2) is 28.9 Å². The van der Waals surface area contributed by atoms with Crippen LogP contribution in [0.5, 0.6) is 5.75 Å². The first-order valence-corrected chi connectivity index (χ1v) is 5.84. The first kappa shape index (κ1) is 14.5. The van der Waals surface area contributed by atoms with E-state index in [0.29, 0.717) is 11.5 Å². The van der Waals surface area contributed by atoms with Crippen LogP contribution >= 0.6 is 0 Å². The summed E-state index contributed by atoms with van der Waals surface area (Å²) in [7, 11) is 0. The van der Waals surface area contributed by atoms with E-state index < -0.39 is 10.8 Å². The lowest BCUT2D eigenvalue weighted by Gasteiger charge is -2.04. The van der Waals surface area contributed by atoms with Crippen molar-refractivity contribution in [3.05, 3.63) is 51.6 Å². The minimum absolute atomic E-state index is 0.0202. The van der Waals surface area contributed by atoms with Gasteiger partial charge in [-0.2, -0.15) is 0 Å². The quantitative estimate of drug-likeness (QED) is 0.364. The zero-order chi connectivity index (χ0) is 15.4. The fraction of sp³-hybridized carbons (Fsp3) is 0.167. The second kappa shape index (κ2) is 6.01. The Morgan fingerprint density at radius 1 is 1.57 bits per heavy atom. The number of hydrogen-bond acceptors (Lipinski definition) is 7. The van der Waals surface area contributed by atoms with Crippen LogP contribution in [0.1, 0.15) is 21.8 Å². The predicted molar refractivity (Wildman–Crippen MR) is 70.3 cm³/mol. The number of hydrogen-bond donors (Lipinski definition) is 2. The molecule has 0 aliphatic rings. The van der Waals surface area contributed by atoms with E-state index in [4.69, 9.17) is 15.0 Å².